The van der Waals surface area contributed by atoms with Gasteiger partial charge in [-0.25, -0.2) is 0 Å². The van der Waals surface area contributed by atoms with Gasteiger partial charge in [0.15, 0.2) is 0 Å². The molecule has 0 saturated heterocycles. The molecule has 0 aliphatic heterocycles. The van der Waals surface area contributed by atoms with Gasteiger partial charge in [0.2, 0.25) is 0 Å². The minimum absolute atomic E-state index is 0.0291. The van der Waals surface area contributed by atoms with Gasteiger partial charge in [0, 0.05) is 37.2 Å². The third-order valence-electron chi connectivity index (χ3n) is 4.04. The zero-order valence-corrected chi connectivity index (χ0v) is 14.2. The lowest BCUT2D eigenvalue weighted by Gasteiger charge is -2.18. The monoisotopic (exact) mass is 335 g/mol. The molecule has 0 fully saturated rings. The lowest BCUT2D eigenvalue weighted by atomic mass is 9.93. The molecule has 25 heavy (non-hydrogen) atoms. The molecule has 3 rings (SSSR count). The van der Waals surface area contributed by atoms with Crippen molar-refractivity contribution >= 4 is 22.5 Å². The van der Waals surface area contributed by atoms with Crippen LogP contribution >= 0.6 is 0 Å². The summed E-state index contributed by atoms with van der Waals surface area (Å²) in [4.78, 5) is 29.5. The number of carbonyl (C=O) groups is 1. The Morgan fingerprint density at radius 1 is 1.12 bits per heavy atom. The highest BCUT2D eigenvalue weighted by Crippen LogP contribution is 2.35. The minimum Gasteiger partial charge on any atom is -0.345 e. The van der Waals surface area contributed by atoms with Crippen LogP contribution < -0.4 is 0 Å². The molecule has 0 bridgehead atoms. The molecular weight excluding hydrogens is 318 g/mol. The number of benzene rings is 2. The maximum absolute atomic E-state index is 12.8. The van der Waals surface area contributed by atoms with Crippen LogP contribution in [0.4, 0.5) is 5.69 Å². The Balaban J connectivity index is 2.46. The second kappa shape index (κ2) is 6.32. The van der Waals surface area contributed by atoms with E-state index in [2.05, 4.69) is 4.98 Å². The second-order valence-electron chi connectivity index (χ2n) is 5.97. The number of aryl methyl sites for hydroxylation is 1. The highest BCUT2D eigenvalue weighted by molar-refractivity contribution is 6.10. The molecule has 6 heteroatoms. The molecule has 0 unspecified atom stereocenters. The summed E-state index contributed by atoms with van der Waals surface area (Å²) in [6.45, 7) is 1.78. The van der Waals surface area contributed by atoms with E-state index in [0.717, 1.165) is 5.56 Å². The van der Waals surface area contributed by atoms with Crippen molar-refractivity contribution in [1.29, 1.82) is 0 Å². The van der Waals surface area contributed by atoms with Crippen LogP contribution in [0.25, 0.3) is 22.0 Å². The van der Waals surface area contributed by atoms with Gasteiger partial charge in [-0.2, -0.15) is 0 Å². The number of nitro groups is 1. The van der Waals surface area contributed by atoms with E-state index in [1.807, 2.05) is 30.3 Å². The van der Waals surface area contributed by atoms with E-state index in [4.69, 9.17) is 0 Å². The van der Waals surface area contributed by atoms with E-state index >= 15 is 0 Å². The van der Waals surface area contributed by atoms with Gasteiger partial charge in [-0.3, -0.25) is 19.9 Å². The molecule has 126 valence electrons. The third-order valence-corrected chi connectivity index (χ3v) is 4.04. The predicted molar refractivity (Wildman–Crippen MR) is 96.6 cm³/mol. The second-order valence-corrected chi connectivity index (χ2v) is 5.97. The number of rotatable bonds is 3. The van der Waals surface area contributed by atoms with Crippen LogP contribution in [0.1, 0.15) is 16.1 Å². The first-order valence-corrected chi connectivity index (χ1v) is 7.76. The van der Waals surface area contributed by atoms with Crippen molar-refractivity contribution in [3.05, 3.63) is 69.9 Å². The lowest BCUT2D eigenvalue weighted by molar-refractivity contribution is -0.384. The van der Waals surface area contributed by atoms with Crippen LogP contribution in [0.2, 0.25) is 0 Å². The molecule has 0 N–H and O–H groups in total. The Kier molecular flexibility index (Phi) is 4.19. The summed E-state index contributed by atoms with van der Waals surface area (Å²) in [6, 6.07) is 13.9. The van der Waals surface area contributed by atoms with Crippen molar-refractivity contribution in [2.24, 2.45) is 0 Å². The quantitative estimate of drug-likeness (QED) is 0.538. The van der Waals surface area contributed by atoms with E-state index in [0.29, 0.717) is 27.7 Å². The van der Waals surface area contributed by atoms with Gasteiger partial charge >= 0.3 is 0 Å². The van der Waals surface area contributed by atoms with E-state index in [-0.39, 0.29) is 11.6 Å². The van der Waals surface area contributed by atoms with Gasteiger partial charge < -0.3 is 4.90 Å². The molecule has 0 atom stereocenters. The van der Waals surface area contributed by atoms with Gasteiger partial charge in [0.25, 0.3) is 11.6 Å². The van der Waals surface area contributed by atoms with Gasteiger partial charge in [-0.1, -0.05) is 30.3 Å². The first-order valence-electron chi connectivity index (χ1n) is 7.76. The summed E-state index contributed by atoms with van der Waals surface area (Å²) in [5, 5.41) is 11.8. The number of pyridine rings is 1. The van der Waals surface area contributed by atoms with Crippen molar-refractivity contribution < 1.29 is 9.72 Å². The Morgan fingerprint density at radius 3 is 2.40 bits per heavy atom. The zero-order valence-electron chi connectivity index (χ0n) is 14.2. The van der Waals surface area contributed by atoms with E-state index in [1.165, 1.54) is 17.0 Å². The number of aromatic nitrogens is 1. The first kappa shape index (κ1) is 16.6. The Labute approximate surface area is 144 Å². The average Bonchev–Trinajstić information content (AvgIpc) is 2.60. The number of carbonyl (C=O) groups excluding carboxylic acids is 1. The summed E-state index contributed by atoms with van der Waals surface area (Å²) < 4.78 is 0. The highest BCUT2D eigenvalue weighted by atomic mass is 16.6. The Hall–Kier alpha value is -3.28. The Bertz CT molecular complexity index is 982. The van der Waals surface area contributed by atoms with Crippen LogP contribution in [-0.4, -0.2) is 34.8 Å². The zero-order chi connectivity index (χ0) is 18.1. The largest absolute Gasteiger partial charge is 0.345 e. The number of hydrogen-bond donors (Lipinski definition) is 0. The fourth-order valence-electron chi connectivity index (χ4n) is 2.88. The summed E-state index contributed by atoms with van der Waals surface area (Å²) in [7, 11) is 3.35. The summed E-state index contributed by atoms with van der Waals surface area (Å²) in [6.07, 6.45) is 0. The van der Waals surface area contributed by atoms with Gasteiger partial charge in [0.1, 0.15) is 0 Å². The molecular formula is C19H17N3O3. The van der Waals surface area contributed by atoms with Crippen LogP contribution in [-0.2, 0) is 0 Å². The fourth-order valence-corrected chi connectivity index (χ4v) is 2.88. The molecule has 0 aliphatic rings. The van der Waals surface area contributed by atoms with Crippen molar-refractivity contribution in [3.8, 4) is 11.1 Å². The summed E-state index contributed by atoms with van der Waals surface area (Å²) >= 11 is 0. The highest BCUT2D eigenvalue weighted by Gasteiger charge is 2.22. The van der Waals surface area contributed by atoms with Crippen molar-refractivity contribution in [2.45, 2.75) is 6.92 Å². The van der Waals surface area contributed by atoms with Crippen LogP contribution in [0.15, 0.2) is 48.5 Å². The maximum atomic E-state index is 12.8. The molecule has 0 radical (unpaired) electrons. The topological polar surface area (TPSA) is 76.3 Å². The Morgan fingerprint density at radius 2 is 1.80 bits per heavy atom. The molecule has 2 aromatic carbocycles. The predicted octanol–water partition coefficient (Wildman–Crippen LogP) is 3.82. The SMILES string of the molecule is Cc1nc2ccc([N+](=O)[O-])cc2c(-c2ccccc2)c1C(=O)N(C)C. The summed E-state index contributed by atoms with van der Waals surface area (Å²) in [5.74, 6) is -0.183. The molecule has 0 saturated carbocycles. The number of non-ortho nitro benzene ring substituents is 1. The molecule has 1 aromatic heterocycles. The number of fused-ring (bicyclic) bond motifs is 1. The molecule has 6 nitrogen and oxygen atoms in total. The van der Waals surface area contributed by atoms with E-state index in [1.54, 1.807) is 27.1 Å². The molecule has 1 amide bonds. The standard InChI is InChI=1S/C19H17N3O3/c1-12-17(19(23)21(2)3)18(13-7-5-4-6-8-13)15-11-14(22(24)25)9-10-16(15)20-12/h4-11H,1-3H3. The van der Waals surface area contributed by atoms with Gasteiger partial charge in [-0.05, 0) is 18.6 Å². The number of nitrogens with zero attached hydrogens (tertiary/aromatic N) is 3. The fraction of sp³-hybridized carbons (Fsp3) is 0.158. The average molecular weight is 335 g/mol. The van der Waals surface area contributed by atoms with Crippen molar-refractivity contribution in [3.63, 3.8) is 0 Å². The van der Waals surface area contributed by atoms with E-state index < -0.39 is 4.92 Å². The van der Waals surface area contributed by atoms with Gasteiger partial charge in [0.05, 0.1) is 21.7 Å². The molecule has 0 spiro atoms. The smallest absolute Gasteiger partial charge is 0.270 e. The molecule has 1 heterocycles. The normalized spacial score (nSPS) is 10.7. The minimum atomic E-state index is -0.443. The van der Waals surface area contributed by atoms with Crippen LogP contribution in [0, 0.1) is 17.0 Å². The van der Waals surface area contributed by atoms with E-state index in [9.17, 15) is 14.9 Å². The number of hydrogen-bond acceptors (Lipinski definition) is 4. The van der Waals surface area contributed by atoms with Crippen molar-refractivity contribution in [2.75, 3.05) is 14.1 Å². The maximum Gasteiger partial charge on any atom is 0.270 e. The molecule has 3 aromatic rings. The molecule has 0 aliphatic carbocycles. The van der Waals surface area contributed by atoms with Crippen LogP contribution in [0.5, 0.6) is 0 Å². The lowest BCUT2D eigenvalue weighted by Crippen LogP contribution is -2.24. The third kappa shape index (κ3) is 2.94. The summed E-state index contributed by atoms with van der Waals surface area (Å²) in [5.41, 5.74) is 3.15. The van der Waals surface area contributed by atoms with Crippen molar-refractivity contribution in [1.82, 2.24) is 9.88 Å². The number of amides is 1. The van der Waals surface area contributed by atoms with Gasteiger partial charge in [-0.15, -0.1) is 0 Å². The van der Waals surface area contributed by atoms with Crippen LogP contribution in [0.3, 0.4) is 0 Å². The first-order chi connectivity index (χ1) is 11.9. The number of nitro benzene ring substituents is 1.